The summed E-state index contributed by atoms with van der Waals surface area (Å²) in [7, 11) is 1.37. The molecular formula is C18H23N5O2. The summed E-state index contributed by atoms with van der Waals surface area (Å²) in [5.41, 5.74) is 4.59. The lowest BCUT2D eigenvalue weighted by molar-refractivity contribution is 0.0600. The lowest BCUT2D eigenvalue weighted by Crippen LogP contribution is -2.27. The van der Waals surface area contributed by atoms with Gasteiger partial charge in [0.15, 0.2) is 0 Å². The second-order valence-electron chi connectivity index (χ2n) is 7.13. The third-order valence-corrected chi connectivity index (χ3v) is 3.91. The number of fused-ring (bicyclic) bond motifs is 1. The summed E-state index contributed by atoms with van der Waals surface area (Å²) in [5.74, 6) is 0.486. The van der Waals surface area contributed by atoms with Gasteiger partial charge in [0.05, 0.1) is 18.4 Å². The van der Waals surface area contributed by atoms with Gasteiger partial charge >= 0.3 is 5.97 Å². The van der Waals surface area contributed by atoms with E-state index >= 15 is 0 Å². The highest BCUT2D eigenvalue weighted by Crippen LogP contribution is 2.34. The van der Waals surface area contributed by atoms with E-state index < -0.39 is 0 Å². The number of rotatable bonds is 3. The number of hydrogen-bond acceptors (Lipinski definition) is 5. The van der Waals surface area contributed by atoms with Crippen LogP contribution in [0.4, 0.5) is 5.82 Å². The van der Waals surface area contributed by atoms with Gasteiger partial charge in [-0.1, -0.05) is 0 Å². The Morgan fingerprint density at radius 2 is 2.04 bits per heavy atom. The van der Waals surface area contributed by atoms with E-state index in [1.165, 1.54) is 7.11 Å². The molecule has 3 heterocycles. The second kappa shape index (κ2) is 5.91. The van der Waals surface area contributed by atoms with E-state index in [9.17, 15) is 4.79 Å². The van der Waals surface area contributed by atoms with Crippen LogP contribution in [-0.2, 0) is 4.74 Å². The monoisotopic (exact) mass is 341 g/mol. The molecule has 0 aliphatic heterocycles. The molecule has 3 rings (SSSR count). The zero-order valence-corrected chi connectivity index (χ0v) is 15.4. The zero-order chi connectivity index (χ0) is 18.4. The first-order valence-corrected chi connectivity index (χ1v) is 8.12. The van der Waals surface area contributed by atoms with Crippen LogP contribution < -0.4 is 5.32 Å². The van der Waals surface area contributed by atoms with Crippen LogP contribution in [-0.4, -0.2) is 38.2 Å². The SMILES string of the molecule is COC(=O)c1ccn2c(NC(C)(C)C)c(-c3c(C)n[nH]c3C)nc2c1. The average molecular weight is 341 g/mol. The zero-order valence-electron chi connectivity index (χ0n) is 15.4. The molecule has 7 heteroatoms. The number of pyridine rings is 1. The van der Waals surface area contributed by atoms with Crippen molar-refractivity contribution < 1.29 is 9.53 Å². The van der Waals surface area contributed by atoms with E-state index in [1.807, 2.05) is 24.4 Å². The van der Waals surface area contributed by atoms with Crippen LogP contribution in [0.25, 0.3) is 16.9 Å². The van der Waals surface area contributed by atoms with Crippen molar-refractivity contribution in [1.29, 1.82) is 0 Å². The highest BCUT2D eigenvalue weighted by molar-refractivity contribution is 5.91. The largest absolute Gasteiger partial charge is 0.465 e. The Balaban J connectivity index is 2.27. The highest BCUT2D eigenvalue weighted by Gasteiger charge is 2.23. The van der Waals surface area contributed by atoms with Crippen molar-refractivity contribution in [2.75, 3.05) is 12.4 Å². The van der Waals surface area contributed by atoms with Gasteiger partial charge < -0.3 is 10.1 Å². The number of carbonyl (C=O) groups excluding carboxylic acids is 1. The molecule has 0 saturated heterocycles. The number of imidazole rings is 1. The first-order chi connectivity index (χ1) is 11.7. The number of anilines is 1. The van der Waals surface area contributed by atoms with Gasteiger partial charge in [-0.3, -0.25) is 9.50 Å². The number of aryl methyl sites for hydroxylation is 2. The van der Waals surface area contributed by atoms with Gasteiger partial charge in [0.25, 0.3) is 0 Å². The molecule has 0 saturated carbocycles. The molecule has 0 atom stereocenters. The number of esters is 1. The van der Waals surface area contributed by atoms with Gasteiger partial charge in [-0.05, 0) is 46.8 Å². The average Bonchev–Trinajstić information content (AvgIpc) is 3.04. The van der Waals surface area contributed by atoms with Crippen molar-refractivity contribution in [3.63, 3.8) is 0 Å². The maximum absolute atomic E-state index is 11.8. The Kier molecular flexibility index (Phi) is 4.02. The van der Waals surface area contributed by atoms with Crippen molar-refractivity contribution >= 4 is 17.4 Å². The van der Waals surface area contributed by atoms with Crippen LogP contribution in [0.3, 0.4) is 0 Å². The van der Waals surface area contributed by atoms with Crippen LogP contribution in [0.15, 0.2) is 18.3 Å². The maximum atomic E-state index is 11.8. The Morgan fingerprint density at radius 1 is 1.32 bits per heavy atom. The molecule has 0 aliphatic rings. The van der Waals surface area contributed by atoms with Gasteiger partial charge in [0.2, 0.25) is 0 Å². The maximum Gasteiger partial charge on any atom is 0.338 e. The highest BCUT2D eigenvalue weighted by atomic mass is 16.5. The first kappa shape index (κ1) is 17.0. The van der Waals surface area contributed by atoms with E-state index in [2.05, 4.69) is 36.3 Å². The minimum absolute atomic E-state index is 0.155. The fraction of sp³-hybridized carbons (Fsp3) is 0.389. The molecule has 0 bridgehead atoms. The summed E-state index contributed by atoms with van der Waals surface area (Å²) in [6.45, 7) is 10.2. The number of nitrogens with zero attached hydrogens (tertiary/aromatic N) is 3. The molecule has 3 aromatic heterocycles. The fourth-order valence-corrected chi connectivity index (χ4v) is 2.84. The molecule has 0 aliphatic carbocycles. The predicted molar refractivity (Wildman–Crippen MR) is 97.0 cm³/mol. The molecule has 25 heavy (non-hydrogen) atoms. The minimum Gasteiger partial charge on any atom is -0.465 e. The predicted octanol–water partition coefficient (Wildman–Crippen LogP) is 3.34. The minimum atomic E-state index is -0.381. The van der Waals surface area contributed by atoms with Gasteiger partial charge in [-0.2, -0.15) is 5.10 Å². The Hall–Kier alpha value is -2.83. The molecule has 2 N–H and O–H groups in total. The topological polar surface area (TPSA) is 84.3 Å². The summed E-state index contributed by atoms with van der Waals surface area (Å²) >= 11 is 0. The molecule has 0 aromatic carbocycles. The summed E-state index contributed by atoms with van der Waals surface area (Å²) in [6, 6.07) is 3.46. The van der Waals surface area contributed by atoms with Gasteiger partial charge in [-0.15, -0.1) is 0 Å². The first-order valence-electron chi connectivity index (χ1n) is 8.12. The van der Waals surface area contributed by atoms with Crippen LogP contribution in [0, 0.1) is 13.8 Å². The number of H-pyrrole nitrogens is 1. The number of ether oxygens (including phenoxy) is 1. The van der Waals surface area contributed by atoms with Crippen LogP contribution in [0.5, 0.6) is 0 Å². The molecular weight excluding hydrogens is 318 g/mol. The molecule has 0 amide bonds. The van der Waals surface area contributed by atoms with E-state index in [1.54, 1.807) is 12.1 Å². The van der Waals surface area contributed by atoms with Crippen molar-refractivity contribution in [3.8, 4) is 11.3 Å². The van der Waals surface area contributed by atoms with Crippen LogP contribution in [0.1, 0.15) is 42.5 Å². The molecule has 132 valence electrons. The molecule has 0 spiro atoms. The van der Waals surface area contributed by atoms with E-state index in [0.717, 1.165) is 28.5 Å². The van der Waals surface area contributed by atoms with Gasteiger partial charge in [0.1, 0.15) is 17.2 Å². The summed E-state index contributed by atoms with van der Waals surface area (Å²) < 4.78 is 6.75. The normalized spacial score (nSPS) is 11.8. The number of methoxy groups -OCH3 is 1. The lowest BCUT2D eigenvalue weighted by atomic mass is 10.1. The Morgan fingerprint density at radius 3 is 2.60 bits per heavy atom. The van der Waals surface area contributed by atoms with E-state index in [-0.39, 0.29) is 11.5 Å². The number of nitrogens with one attached hydrogen (secondary N) is 2. The summed E-state index contributed by atoms with van der Waals surface area (Å²) in [5, 5.41) is 10.8. The quantitative estimate of drug-likeness (QED) is 0.714. The Labute approximate surface area is 146 Å². The summed E-state index contributed by atoms with van der Waals surface area (Å²) in [6.07, 6.45) is 1.83. The summed E-state index contributed by atoms with van der Waals surface area (Å²) in [4.78, 5) is 16.6. The molecule has 3 aromatic rings. The second-order valence-corrected chi connectivity index (χ2v) is 7.13. The van der Waals surface area contributed by atoms with Crippen LogP contribution in [0.2, 0.25) is 0 Å². The number of hydrogen-bond donors (Lipinski definition) is 2. The van der Waals surface area contributed by atoms with Gasteiger partial charge in [-0.25, -0.2) is 9.78 Å². The lowest BCUT2D eigenvalue weighted by Gasteiger charge is -2.22. The molecule has 0 unspecified atom stereocenters. The third kappa shape index (κ3) is 3.09. The van der Waals surface area contributed by atoms with Crippen molar-refractivity contribution in [3.05, 3.63) is 35.3 Å². The van der Waals surface area contributed by atoms with Crippen molar-refractivity contribution in [2.45, 2.75) is 40.2 Å². The van der Waals surface area contributed by atoms with Gasteiger partial charge in [0, 0.05) is 23.0 Å². The Bertz CT molecular complexity index is 927. The smallest absolute Gasteiger partial charge is 0.338 e. The molecule has 0 radical (unpaired) electrons. The van der Waals surface area contributed by atoms with Crippen LogP contribution >= 0.6 is 0 Å². The van der Waals surface area contributed by atoms with E-state index in [4.69, 9.17) is 9.72 Å². The van der Waals surface area contributed by atoms with Crippen molar-refractivity contribution in [2.24, 2.45) is 0 Å². The number of carbonyl (C=O) groups is 1. The number of aromatic nitrogens is 4. The standard InChI is InChI=1S/C18H23N5O2/c1-10-14(11(2)22-21-10)15-16(20-18(3,4)5)23-8-7-12(17(24)25-6)9-13(23)19-15/h7-9,20H,1-6H3,(H,21,22). The molecule has 7 nitrogen and oxygen atoms in total. The van der Waals surface area contributed by atoms with E-state index in [0.29, 0.717) is 11.2 Å². The molecule has 0 fully saturated rings. The third-order valence-electron chi connectivity index (χ3n) is 3.91. The fourth-order valence-electron chi connectivity index (χ4n) is 2.84. The van der Waals surface area contributed by atoms with Crippen molar-refractivity contribution in [1.82, 2.24) is 19.6 Å². The number of aromatic amines is 1.